The summed E-state index contributed by atoms with van der Waals surface area (Å²) in [6, 6.07) is 7.35. The van der Waals surface area contributed by atoms with Crippen LogP contribution in [0.2, 0.25) is 0 Å². The van der Waals surface area contributed by atoms with Crippen molar-refractivity contribution in [2.45, 2.75) is 25.8 Å². The Morgan fingerprint density at radius 2 is 2.17 bits per heavy atom. The predicted molar refractivity (Wildman–Crippen MR) is 91.6 cm³/mol. The van der Waals surface area contributed by atoms with Gasteiger partial charge in [-0.3, -0.25) is 0 Å². The quantitative estimate of drug-likeness (QED) is 0.919. The molecule has 0 bridgehead atoms. The number of carbonyl (C=O) groups is 1. The monoisotopic (exact) mass is 327 g/mol. The first-order chi connectivity index (χ1) is 11.6. The summed E-state index contributed by atoms with van der Waals surface area (Å²) >= 11 is 0. The van der Waals surface area contributed by atoms with Crippen LogP contribution in [0.3, 0.4) is 0 Å². The molecule has 0 radical (unpaired) electrons. The van der Waals surface area contributed by atoms with Gasteiger partial charge >= 0.3 is 5.97 Å². The standard InChI is InChI=1S/C17H21N5O2/c1-12-7-8-15(20-19-12)22-10-4-5-13(11-22)21(2)16-14(17(23)24)6-3-9-18-16/h3,6-9,13H,4-5,10-11H2,1-2H3,(H,23,24). The molecule has 2 aromatic rings. The lowest BCUT2D eigenvalue weighted by molar-refractivity contribution is 0.0697. The zero-order valence-electron chi connectivity index (χ0n) is 13.9. The molecule has 0 saturated carbocycles. The highest BCUT2D eigenvalue weighted by atomic mass is 16.4. The number of likely N-dealkylation sites (N-methyl/N-ethyl adjacent to an activating group) is 1. The fraction of sp³-hybridized carbons (Fsp3) is 0.412. The molecule has 1 atom stereocenters. The van der Waals surface area contributed by atoms with Crippen molar-refractivity contribution in [2.75, 3.05) is 29.9 Å². The minimum Gasteiger partial charge on any atom is -0.478 e. The minimum absolute atomic E-state index is 0.176. The van der Waals surface area contributed by atoms with Gasteiger partial charge in [-0.2, -0.15) is 5.10 Å². The SMILES string of the molecule is Cc1ccc(N2CCCC(N(C)c3ncccc3C(=O)O)C2)nn1. The fourth-order valence-electron chi connectivity index (χ4n) is 3.06. The zero-order chi connectivity index (χ0) is 17.1. The van der Waals surface area contributed by atoms with Crippen LogP contribution in [0.15, 0.2) is 30.5 Å². The van der Waals surface area contributed by atoms with Crippen LogP contribution < -0.4 is 9.80 Å². The number of nitrogens with zero attached hydrogens (tertiary/aromatic N) is 5. The molecule has 3 heterocycles. The van der Waals surface area contributed by atoms with Crippen molar-refractivity contribution in [3.63, 3.8) is 0 Å². The van der Waals surface area contributed by atoms with Gasteiger partial charge in [0.05, 0.1) is 5.69 Å². The number of rotatable bonds is 4. The zero-order valence-corrected chi connectivity index (χ0v) is 13.9. The first kappa shape index (κ1) is 16.2. The van der Waals surface area contributed by atoms with Crippen molar-refractivity contribution in [3.05, 3.63) is 41.7 Å². The summed E-state index contributed by atoms with van der Waals surface area (Å²) in [4.78, 5) is 19.9. The van der Waals surface area contributed by atoms with Crippen molar-refractivity contribution in [3.8, 4) is 0 Å². The Morgan fingerprint density at radius 1 is 1.33 bits per heavy atom. The third-order valence-corrected chi connectivity index (χ3v) is 4.40. The van der Waals surface area contributed by atoms with E-state index < -0.39 is 5.97 Å². The van der Waals surface area contributed by atoms with E-state index >= 15 is 0 Å². The van der Waals surface area contributed by atoms with E-state index in [4.69, 9.17) is 0 Å². The van der Waals surface area contributed by atoms with Gasteiger partial charge in [-0.25, -0.2) is 9.78 Å². The first-order valence-electron chi connectivity index (χ1n) is 8.02. The molecule has 7 heteroatoms. The van der Waals surface area contributed by atoms with Gasteiger partial charge in [0.25, 0.3) is 0 Å². The highest BCUT2D eigenvalue weighted by Crippen LogP contribution is 2.25. The Bertz CT molecular complexity index is 719. The third kappa shape index (κ3) is 3.29. The van der Waals surface area contributed by atoms with E-state index in [1.54, 1.807) is 18.3 Å². The Labute approximate surface area is 141 Å². The van der Waals surface area contributed by atoms with Gasteiger partial charge in [-0.05, 0) is 44.0 Å². The lowest BCUT2D eigenvalue weighted by atomic mass is 10.0. The Hall–Kier alpha value is -2.70. The number of carboxylic acids is 1. The Kier molecular flexibility index (Phi) is 4.59. The van der Waals surface area contributed by atoms with E-state index in [9.17, 15) is 9.90 Å². The molecule has 1 aliphatic rings. The number of carboxylic acid groups (broad SMARTS) is 1. The van der Waals surface area contributed by atoms with Gasteiger partial charge in [-0.15, -0.1) is 5.10 Å². The molecule has 24 heavy (non-hydrogen) atoms. The predicted octanol–water partition coefficient (Wildman–Crippen LogP) is 1.98. The minimum atomic E-state index is -0.956. The van der Waals surface area contributed by atoms with Crippen LogP contribution in [0.4, 0.5) is 11.6 Å². The second-order valence-corrected chi connectivity index (χ2v) is 6.07. The molecule has 1 N–H and O–H groups in total. The summed E-state index contributed by atoms with van der Waals surface area (Å²) in [5.74, 6) is 0.409. The fourth-order valence-corrected chi connectivity index (χ4v) is 3.06. The molecule has 1 unspecified atom stereocenters. The average Bonchev–Trinajstić information content (AvgIpc) is 2.62. The van der Waals surface area contributed by atoms with Gasteiger partial charge in [0.2, 0.25) is 0 Å². The number of aromatic nitrogens is 3. The van der Waals surface area contributed by atoms with Crippen LogP contribution in [0.25, 0.3) is 0 Å². The molecule has 1 aliphatic heterocycles. The number of pyridine rings is 1. The van der Waals surface area contributed by atoms with E-state index in [0.29, 0.717) is 5.82 Å². The van der Waals surface area contributed by atoms with E-state index in [2.05, 4.69) is 20.1 Å². The van der Waals surface area contributed by atoms with Crippen LogP contribution in [0.5, 0.6) is 0 Å². The van der Waals surface area contributed by atoms with Crippen LogP contribution in [0.1, 0.15) is 28.9 Å². The molecule has 7 nitrogen and oxygen atoms in total. The van der Waals surface area contributed by atoms with Gasteiger partial charge < -0.3 is 14.9 Å². The highest BCUT2D eigenvalue weighted by Gasteiger charge is 2.27. The third-order valence-electron chi connectivity index (χ3n) is 4.40. The van der Waals surface area contributed by atoms with E-state index in [-0.39, 0.29) is 11.6 Å². The molecule has 0 aromatic carbocycles. The van der Waals surface area contributed by atoms with Crippen molar-refractivity contribution in [1.29, 1.82) is 0 Å². The van der Waals surface area contributed by atoms with Gasteiger partial charge in [0.15, 0.2) is 5.82 Å². The van der Waals surface area contributed by atoms with Crippen molar-refractivity contribution in [1.82, 2.24) is 15.2 Å². The largest absolute Gasteiger partial charge is 0.478 e. The summed E-state index contributed by atoms with van der Waals surface area (Å²) in [6.07, 6.45) is 3.63. The van der Waals surface area contributed by atoms with Crippen molar-refractivity contribution in [2.24, 2.45) is 0 Å². The van der Waals surface area contributed by atoms with Crippen LogP contribution >= 0.6 is 0 Å². The lowest BCUT2D eigenvalue weighted by Gasteiger charge is -2.38. The molecule has 126 valence electrons. The summed E-state index contributed by atoms with van der Waals surface area (Å²) in [6.45, 7) is 3.61. The topological polar surface area (TPSA) is 82.5 Å². The number of anilines is 2. The highest BCUT2D eigenvalue weighted by molar-refractivity contribution is 5.93. The van der Waals surface area contributed by atoms with Crippen LogP contribution in [-0.2, 0) is 0 Å². The second kappa shape index (κ2) is 6.82. The summed E-state index contributed by atoms with van der Waals surface area (Å²) in [5, 5.41) is 17.8. The summed E-state index contributed by atoms with van der Waals surface area (Å²) in [5.41, 5.74) is 1.12. The molecule has 3 rings (SSSR count). The number of hydrogen-bond acceptors (Lipinski definition) is 6. The molecule has 1 fully saturated rings. The smallest absolute Gasteiger partial charge is 0.339 e. The van der Waals surface area contributed by atoms with Crippen molar-refractivity contribution >= 4 is 17.6 Å². The number of hydrogen-bond donors (Lipinski definition) is 1. The maximum absolute atomic E-state index is 11.4. The summed E-state index contributed by atoms with van der Waals surface area (Å²) in [7, 11) is 1.91. The lowest BCUT2D eigenvalue weighted by Crippen LogP contribution is -2.47. The molecule has 0 amide bonds. The number of aryl methyl sites for hydroxylation is 1. The van der Waals surface area contributed by atoms with Crippen molar-refractivity contribution < 1.29 is 9.90 Å². The van der Waals surface area contributed by atoms with Gasteiger partial charge in [0.1, 0.15) is 11.4 Å². The number of piperidine rings is 1. The summed E-state index contributed by atoms with van der Waals surface area (Å²) < 4.78 is 0. The maximum Gasteiger partial charge on any atom is 0.339 e. The Balaban J connectivity index is 1.79. The molecular weight excluding hydrogens is 306 g/mol. The number of aromatic carboxylic acids is 1. The molecule has 0 spiro atoms. The second-order valence-electron chi connectivity index (χ2n) is 6.07. The van der Waals surface area contributed by atoms with Gasteiger partial charge in [0, 0.05) is 32.4 Å². The van der Waals surface area contributed by atoms with Gasteiger partial charge in [-0.1, -0.05) is 0 Å². The van der Waals surface area contributed by atoms with E-state index in [1.807, 2.05) is 31.0 Å². The molecule has 1 saturated heterocycles. The van der Waals surface area contributed by atoms with E-state index in [0.717, 1.165) is 37.4 Å². The average molecular weight is 327 g/mol. The van der Waals surface area contributed by atoms with Crippen LogP contribution in [-0.4, -0.2) is 52.4 Å². The molecule has 0 aliphatic carbocycles. The maximum atomic E-state index is 11.4. The molecule has 2 aromatic heterocycles. The van der Waals surface area contributed by atoms with Crippen LogP contribution in [0, 0.1) is 6.92 Å². The Morgan fingerprint density at radius 3 is 2.88 bits per heavy atom. The normalized spacial score (nSPS) is 17.6. The van der Waals surface area contributed by atoms with E-state index in [1.165, 1.54) is 0 Å². The molecular formula is C17H21N5O2. The first-order valence-corrected chi connectivity index (χ1v) is 8.02.